The molecule has 3 heteroatoms. The van der Waals surface area contributed by atoms with Gasteiger partial charge in [0.15, 0.2) is 0 Å². The maximum atomic E-state index is 6.07. The van der Waals surface area contributed by atoms with Crippen LogP contribution in [0.15, 0.2) is 0 Å². The van der Waals surface area contributed by atoms with E-state index in [0.717, 1.165) is 32.5 Å². The Morgan fingerprint density at radius 3 is 2.62 bits per heavy atom. The van der Waals surface area contributed by atoms with Crippen LogP contribution < -0.4 is 5.73 Å². The van der Waals surface area contributed by atoms with Crippen molar-refractivity contribution < 1.29 is 4.74 Å². The predicted molar refractivity (Wildman–Crippen MR) is 68.6 cm³/mol. The summed E-state index contributed by atoms with van der Waals surface area (Å²) in [4.78, 5) is 2.59. The van der Waals surface area contributed by atoms with Crippen LogP contribution in [0.1, 0.15) is 47.0 Å². The molecular formula is C13H28N2O. The molecule has 16 heavy (non-hydrogen) atoms. The number of nitrogens with zero attached hydrogens (tertiary/aromatic N) is 1. The van der Waals surface area contributed by atoms with E-state index in [9.17, 15) is 0 Å². The highest BCUT2D eigenvalue weighted by Crippen LogP contribution is 2.31. The minimum absolute atomic E-state index is 0.168. The monoisotopic (exact) mass is 228 g/mol. The highest BCUT2D eigenvalue weighted by atomic mass is 16.5. The van der Waals surface area contributed by atoms with E-state index >= 15 is 0 Å². The topological polar surface area (TPSA) is 38.5 Å². The van der Waals surface area contributed by atoms with Gasteiger partial charge >= 0.3 is 0 Å². The smallest absolute Gasteiger partial charge is 0.0565 e. The Morgan fingerprint density at radius 1 is 1.50 bits per heavy atom. The third kappa shape index (κ3) is 2.96. The minimum atomic E-state index is 0.168. The summed E-state index contributed by atoms with van der Waals surface area (Å²) < 4.78 is 5.66. The second-order valence-electron chi connectivity index (χ2n) is 5.35. The second kappa shape index (κ2) is 5.99. The number of hydrogen-bond acceptors (Lipinski definition) is 3. The van der Waals surface area contributed by atoms with Crippen LogP contribution in [0.3, 0.4) is 0 Å². The van der Waals surface area contributed by atoms with E-state index in [4.69, 9.17) is 10.5 Å². The molecule has 0 saturated carbocycles. The van der Waals surface area contributed by atoms with Crippen LogP contribution >= 0.6 is 0 Å². The molecule has 0 radical (unpaired) electrons. The molecule has 1 heterocycles. The SMILES string of the molecule is CCCN(C(C)C)C1(CN)CCOC(C)C1. The third-order valence-electron chi connectivity index (χ3n) is 3.71. The molecule has 1 fully saturated rings. The number of nitrogens with two attached hydrogens (primary N) is 1. The molecule has 2 N–H and O–H groups in total. The number of ether oxygens (including phenoxy) is 1. The Hall–Kier alpha value is -0.120. The van der Waals surface area contributed by atoms with Gasteiger partial charge in [-0.2, -0.15) is 0 Å². The first-order chi connectivity index (χ1) is 7.55. The predicted octanol–water partition coefficient (Wildman–Crippen LogP) is 2.00. The fourth-order valence-electron chi connectivity index (χ4n) is 2.99. The normalized spacial score (nSPS) is 31.3. The van der Waals surface area contributed by atoms with Gasteiger partial charge in [0.1, 0.15) is 0 Å². The molecule has 2 atom stereocenters. The standard InChI is InChI=1S/C13H28N2O/c1-5-7-15(11(2)3)13(10-14)6-8-16-12(4)9-13/h11-12H,5-10,14H2,1-4H3. The summed E-state index contributed by atoms with van der Waals surface area (Å²) in [6.45, 7) is 11.7. The lowest BCUT2D eigenvalue weighted by molar-refractivity contribution is -0.0733. The van der Waals surface area contributed by atoms with Gasteiger partial charge in [-0.25, -0.2) is 0 Å². The van der Waals surface area contributed by atoms with Gasteiger partial charge in [0.2, 0.25) is 0 Å². The summed E-state index contributed by atoms with van der Waals surface area (Å²) in [5.41, 5.74) is 6.24. The molecule has 3 nitrogen and oxygen atoms in total. The molecule has 1 aliphatic rings. The van der Waals surface area contributed by atoms with E-state index < -0.39 is 0 Å². The first-order valence-corrected chi connectivity index (χ1v) is 6.64. The Kier molecular flexibility index (Phi) is 5.22. The van der Waals surface area contributed by atoms with Crippen LogP contribution in [0.5, 0.6) is 0 Å². The number of hydrogen-bond donors (Lipinski definition) is 1. The van der Waals surface area contributed by atoms with Crippen LogP contribution in [-0.2, 0) is 4.74 Å². The molecule has 0 spiro atoms. The van der Waals surface area contributed by atoms with Crippen LogP contribution in [0, 0.1) is 0 Å². The van der Waals surface area contributed by atoms with Crippen LogP contribution in [0.2, 0.25) is 0 Å². The van der Waals surface area contributed by atoms with Crippen LogP contribution in [0.4, 0.5) is 0 Å². The van der Waals surface area contributed by atoms with Crippen molar-refractivity contribution in [3.05, 3.63) is 0 Å². The molecule has 1 rings (SSSR count). The van der Waals surface area contributed by atoms with Gasteiger partial charge in [-0.3, -0.25) is 4.90 Å². The fraction of sp³-hybridized carbons (Fsp3) is 1.00. The Bertz CT molecular complexity index is 208. The molecule has 0 aliphatic carbocycles. The lowest BCUT2D eigenvalue weighted by atomic mass is 9.84. The van der Waals surface area contributed by atoms with Crippen molar-refractivity contribution in [1.29, 1.82) is 0 Å². The first-order valence-electron chi connectivity index (χ1n) is 6.64. The molecule has 0 aromatic heterocycles. The first kappa shape index (κ1) is 13.9. The van der Waals surface area contributed by atoms with Gasteiger partial charge in [-0.05, 0) is 46.6 Å². The summed E-state index contributed by atoms with van der Waals surface area (Å²) in [7, 11) is 0. The Balaban J connectivity index is 2.81. The number of rotatable bonds is 5. The molecule has 0 aromatic rings. The van der Waals surface area contributed by atoms with Gasteiger partial charge < -0.3 is 10.5 Å². The van der Waals surface area contributed by atoms with Crippen LogP contribution in [-0.4, -0.2) is 42.3 Å². The third-order valence-corrected chi connectivity index (χ3v) is 3.71. The zero-order valence-electron chi connectivity index (χ0n) is 11.3. The van der Waals surface area contributed by atoms with Gasteiger partial charge in [0.05, 0.1) is 6.10 Å². The van der Waals surface area contributed by atoms with E-state index in [2.05, 4.69) is 32.6 Å². The largest absolute Gasteiger partial charge is 0.378 e. The highest BCUT2D eigenvalue weighted by molar-refractivity contribution is 4.96. The Morgan fingerprint density at radius 2 is 2.19 bits per heavy atom. The van der Waals surface area contributed by atoms with Gasteiger partial charge in [-0.1, -0.05) is 6.92 Å². The minimum Gasteiger partial charge on any atom is -0.378 e. The molecule has 0 amide bonds. The summed E-state index contributed by atoms with van der Waals surface area (Å²) in [5.74, 6) is 0. The lowest BCUT2D eigenvalue weighted by Crippen LogP contribution is -2.60. The maximum absolute atomic E-state index is 6.07. The van der Waals surface area contributed by atoms with Gasteiger partial charge in [0, 0.05) is 24.7 Å². The van der Waals surface area contributed by atoms with Crippen molar-refractivity contribution in [2.45, 2.75) is 64.6 Å². The summed E-state index contributed by atoms with van der Waals surface area (Å²) in [6, 6.07) is 0.564. The molecule has 1 aliphatic heterocycles. The van der Waals surface area contributed by atoms with Crippen molar-refractivity contribution in [3.63, 3.8) is 0 Å². The Labute approximate surface area is 100 Å². The summed E-state index contributed by atoms with van der Waals surface area (Å²) in [6.07, 6.45) is 3.68. The van der Waals surface area contributed by atoms with E-state index in [1.54, 1.807) is 0 Å². The quantitative estimate of drug-likeness (QED) is 0.782. The second-order valence-corrected chi connectivity index (χ2v) is 5.35. The molecule has 0 aromatic carbocycles. The zero-order valence-corrected chi connectivity index (χ0v) is 11.3. The van der Waals surface area contributed by atoms with E-state index in [0.29, 0.717) is 12.1 Å². The summed E-state index contributed by atoms with van der Waals surface area (Å²) in [5, 5.41) is 0. The molecular weight excluding hydrogens is 200 g/mol. The van der Waals surface area contributed by atoms with Crippen molar-refractivity contribution in [3.8, 4) is 0 Å². The molecule has 2 unspecified atom stereocenters. The van der Waals surface area contributed by atoms with E-state index in [1.807, 2.05) is 0 Å². The van der Waals surface area contributed by atoms with Gasteiger partial charge in [0.25, 0.3) is 0 Å². The van der Waals surface area contributed by atoms with Crippen molar-refractivity contribution >= 4 is 0 Å². The average Bonchev–Trinajstić information content (AvgIpc) is 2.25. The maximum Gasteiger partial charge on any atom is 0.0565 e. The summed E-state index contributed by atoms with van der Waals surface area (Å²) >= 11 is 0. The van der Waals surface area contributed by atoms with Crippen molar-refractivity contribution in [2.24, 2.45) is 5.73 Å². The zero-order chi connectivity index (χ0) is 12.2. The molecule has 1 saturated heterocycles. The highest BCUT2D eigenvalue weighted by Gasteiger charge is 2.40. The average molecular weight is 228 g/mol. The fourth-order valence-corrected chi connectivity index (χ4v) is 2.99. The van der Waals surface area contributed by atoms with E-state index in [-0.39, 0.29) is 5.54 Å². The molecule has 96 valence electrons. The van der Waals surface area contributed by atoms with Crippen molar-refractivity contribution in [1.82, 2.24) is 4.90 Å². The van der Waals surface area contributed by atoms with Crippen LogP contribution in [0.25, 0.3) is 0 Å². The van der Waals surface area contributed by atoms with E-state index in [1.165, 1.54) is 6.42 Å². The molecule has 0 bridgehead atoms. The van der Waals surface area contributed by atoms with Crippen molar-refractivity contribution in [2.75, 3.05) is 19.7 Å². The lowest BCUT2D eigenvalue weighted by Gasteiger charge is -2.49. The van der Waals surface area contributed by atoms with Gasteiger partial charge in [-0.15, -0.1) is 0 Å².